The summed E-state index contributed by atoms with van der Waals surface area (Å²) < 4.78 is 0. The van der Waals surface area contributed by atoms with Gasteiger partial charge in [-0.3, -0.25) is 0 Å². The summed E-state index contributed by atoms with van der Waals surface area (Å²) in [6.45, 7) is 11.8. The Morgan fingerprint density at radius 3 is 2.00 bits per heavy atom. The topological polar surface area (TPSA) is 0 Å². The normalized spacial score (nSPS) is 25.0. The van der Waals surface area contributed by atoms with E-state index < -0.39 is 0 Å². The maximum absolute atomic E-state index is 2.68. The van der Waals surface area contributed by atoms with Gasteiger partial charge >= 0.3 is 0 Å². The Kier molecular flexibility index (Phi) is 9.52. The molecule has 3 aromatic carbocycles. The fraction of sp³-hybridized carbons (Fsp3) is 0.581. The fourth-order valence-electron chi connectivity index (χ4n) is 8.81. The van der Waals surface area contributed by atoms with Crippen molar-refractivity contribution < 1.29 is 0 Å². The highest BCUT2D eigenvalue weighted by Gasteiger charge is 2.31. The maximum Gasteiger partial charge on any atom is -0.00201 e. The SMILES string of the molecule is Cc1ccc(Cc2ccc(C3CCC(C4CCC(C)CC4)CC3)cc2CC2CCC2)cc1Cc1ccccc1C(C)(C)C. The van der Waals surface area contributed by atoms with Gasteiger partial charge < -0.3 is 0 Å². The van der Waals surface area contributed by atoms with Crippen LogP contribution >= 0.6 is 0 Å². The molecule has 3 saturated carbocycles. The second-order valence-electron chi connectivity index (χ2n) is 16.2. The van der Waals surface area contributed by atoms with Crippen LogP contribution < -0.4 is 0 Å². The molecule has 0 heterocycles. The van der Waals surface area contributed by atoms with Crippen molar-refractivity contribution in [2.45, 2.75) is 136 Å². The Balaban J connectivity index is 1.18. The summed E-state index contributed by atoms with van der Waals surface area (Å²) in [5.41, 5.74) is 12.4. The van der Waals surface area contributed by atoms with Crippen molar-refractivity contribution in [2.24, 2.45) is 23.7 Å². The predicted octanol–water partition coefficient (Wildman–Crippen LogP) is 11.9. The number of aryl methyl sites for hydroxylation is 1. The molecule has 0 heteroatoms. The van der Waals surface area contributed by atoms with Gasteiger partial charge in [0.25, 0.3) is 0 Å². The van der Waals surface area contributed by atoms with Crippen LogP contribution in [-0.2, 0) is 24.7 Å². The zero-order valence-electron chi connectivity index (χ0n) is 28.1. The van der Waals surface area contributed by atoms with Crippen LogP contribution in [0.3, 0.4) is 0 Å². The molecule has 6 rings (SSSR count). The van der Waals surface area contributed by atoms with E-state index in [4.69, 9.17) is 0 Å². The predicted molar refractivity (Wildman–Crippen MR) is 185 cm³/mol. The van der Waals surface area contributed by atoms with Crippen LogP contribution in [0.2, 0.25) is 0 Å². The van der Waals surface area contributed by atoms with Gasteiger partial charge in [0, 0.05) is 0 Å². The number of benzene rings is 3. The molecule has 3 aliphatic carbocycles. The lowest BCUT2D eigenvalue weighted by molar-refractivity contribution is 0.165. The molecular formula is C43H58. The van der Waals surface area contributed by atoms with Gasteiger partial charge in [-0.05, 0) is 144 Å². The average molecular weight is 575 g/mol. The van der Waals surface area contributed by atoms with Crippen LogP contribution in [0.25, 0.3) is 0 Å². The Morgan fingerprint density at radius 2 is 1.33 bits per heavy atom. The molecule has 0 saturated heterocycles. The molecule has 0 spiro atoms. The highest BCUT2D eigenvalue weighted by atomic mass is 14.4. The molecule has 0 aliphatic heterocycles. The molecule has 0 amide bonds. The minimum atomic E-state index is 0.161. The van der Waals surface area contributed by atoms with Crippen molar-refractivity contribution in [2.75, 3.05) is 0 Å². The Bertz CT molecular complexity index is 1350. The van der Waals surface area contributed by atoms with E-state index >= 15 is 0 Å². The van der Waals surface area contributed by atoms with Gasteiger partial charge in [0.15, 0.2) is 0 Å². The fourth-order valence-corrected chi connectivity index (χ4v) is 8.81. The summed E-state index contributed by atoms with van der Waals surface area (Å²) in [5, 5.41) is 0. The summed E-state index contributed by atoms with van der Waals surface area (Å²) in [6, 6.07) is 24.1. The maximum atomic E-state index is 2.68. The van der Waals surface area contributed by atoms with E-state index in [0.717, 1.165) is 42.4 Å². The molecule has 0 aromatic heterocycles. The van der Waals surface area contributed by atoms with Crippen molar-refractivity contribution in [3.05, 3.63) is 105 Å². The molecule has 0 radical (unpaired) electrons. The van der Waals surface area contributed by atoms with Crippen molar-refractivity contribution in [3.63, 3.8) is 0 Å². The first kappa shape index (κ1) is 30.7. The van der Waals surface area contributed by atoms with E-state index in [1.54, 1.807) is 16.7 Å². The van der Waals surface area contributed by atoms with E-state index in [-0.39, 0.29) is 5.41 Å². The molecule has 3 aromatic rings. The highest BCUT2D eigenvalue weighted by molar-refractivity contribution is 5.43. The first-order valence-electron chi connectivity index (χ1n) is 18.0. The second-order valence-corrected chi connectivity index (χ2v) is 16.2. The van der Waals surface area contributed by atoms with Crippen LogP contribution in [-0.4, -0.2) is 0 Å². The molecule has 0 atom stereocenters. The second kappa shape index (κ2) is 13.3. The zero-order chi connectivity index (χ0) is 30.0. The first-order valence-corrected chi connectivity index (χ1v) is 18.0. The molecule has 43 heavy (non-hydrogen) atoms. The summed E-state index contributed by atoms with van der Waals surface area (Å²) >= 11 is 0. The van der Waals surface area contributed by atoms with Crippen LogP contribution in [0.1, 0.15) is 149 Å². The molecule has 0 N–H and O–H groups in total. The molecule has 0 bridgehead atoms. The summed E-state index contributed by atoms with van der Waals surface area (Å²) in [6.07, 6.45) is 19.4. The van der Waals surface area contributed by atoms with Crippen molar-refractivity contribution >= 4 is 0 Å². The van der Waals surface area contributed by atoms with Crippen LogP contribution in [0.5, 0.6) is 0 Å². The molecule has 3 fully saturated rings. The molecule has 0 unspecified atom stereocenters. The number of hydrogen-bond donors (Lipinski definition) is 0. The highest BCUT2D eigenvalue weighted by Crippen LogP contribution is 2.44. The Hall–Kier alpha value is -2.34. The van der Waals surface area contributed by atoms with E-state index in [0.29, 0.717) is 0 Å². The van der Waals surface area contributed by atoms with E-state index in [9.17, 15) is 0 Å². The van der Waals surface area contributed by atoms with Gasteiger partial charge in [0.2, 0.25) is 0 Å². The largest absolute Gasteiger partial charge is 0.0625 e. The average Bonchev–Trinajstić information content (AvgIpc) is 2.97. The third kappa shape index (κ3) is 7.49. The molecular weight excluding hydrogens is 516 g/mol. The van der Waals surface area contributed by atoms with Crippen molar-refractivity contribution in [1.82, 2.24) is 0 Å². The summed E-state index contributed by atoms with van der Waals surface area (Å²) in [4.78, 5) is 0. The first-order chi connectivity index (χ1) is 20.7. The number of rotatable bonds is 8. The quantitative estimate of drug-likeness (QED) is 0.251. The molecule has 3 aliphatic rings. The van der Waals surface area contributed by atoms with Crippen LogP contribution in [0.4, 0.5) is 0 Å². The van der Waals surface area contributed by atoms with Gasteiger partial charge in [-0.25, -0.2) is 0 Å². The number of hydrogen-bond acceptors (Lipinski definition) is 0. The van der Waals surface area contributed by atoms with Gasteiger partial charge in [-0.1, -0.05) is 120 Å². The third-order valence-electron chi connectivity index (χ3n) is 11.9. The minimum Gasteiger partial charge on any atom is -0.0625 e. The lowest BCUT2D eigenvalue weighted by Gasteiger charge is -2.37. The van der Waals surface area contributed by atoms with Crippen LogP contribution in [0, 0.1) is 30.6 Å². The standard InChI is InChI=1S/C43H58/c1-30-13-17-34(18-14-30)35-19-21-36(22-20-35)38-24-23-37(41(28-38)25-32-9-8-10-32)26-33-16-15-31(2)40(27-33)29-39-11-6-7-12-42(39)43(3,4)5/h6-7,11-12,15-16,23-24,27-28,30,32,34-36H,8-10,13-14,17-22,25-26,29H2,1-5H3. The van der Waals surface area contributed by atoms with E-state index in [2.05, 4.69) is 95.3 Å². The lowest BCUT2D eigenvalue weighted by Crippen LogP contribution is -2.24. The van der Waals surface area contributed by atoms with Gasteiger partial charge in [0.05, 0.1) is 0 Å². The van der Waals surface area contributed by atoms with Gasteiger partial charge in [-0.15, -0.1) is 0 Å². The van der Waals surface area contributed by atoms with Gasteiger partial charge in [0.1, 0.15) is 0 Å². The van der Waals surface area contributed by atoms with Crippen molar-refractivity contribution in [1.29, 1.82) is 0 Å². The van der Waals surface area contributed by atoms with E-state index in [1.165, 1.54) is 105 Å². The minimum absolute atomic E-state index is 0.161. The Labute approximate surface area is 264 Å². The third-order valence-corrected chi connectivity index (χ3v) is 11.9. The van der Waals surface area contributed by atoms with Crippen molar-refractivity contribution in [3.8, 4) is 0 Å². The summed E-state index contributed by atoms with van der Waals surface area (Å²) in [7, 11) is 0. The van der Waals surface area contributed by atoms with E-state index in [1.807, 2.05) is 0 Å². The molecule has 230 valence electrons. The smallest absolute Gasteiger partial charge is 0.00201 e. The van der Waals surface area contributed by atoms with Gasteiger partial charge in [-0.2, -0.15) is 0 Å². The summed E-state index contributed by atoms with van der Waals surface area (Å²) in [5.74, 6) is 4.68. The monoisotopic (exact) mass is 574 g/mol. The Morgan fingerprint density at radius 1 is 0.628 bits per heavy atom. The molecule has 0 nitrogen and oxygen atoms in total. The van der Waals surface area contributed by atoms with Crippen LogP contribution in [0.15, 0.2) is 60.7 Å². The zero-order valence-corrected chi connectivity index (χ0v) is 28.1. The lowest BCUT2D eigenvalue weighted by atomic mass is 9.68.